The van der Waals surface area contributed by atoms with E-state index in [0.29, 0.717) is 12.0 Å². The Kier molecular flexibility index (Phi) is 5.20. The van der Waals surface area contributed by atoms with Crippen molar-refractivity contribution in [3.05, 3.63) is 0 Å². The molecule has 1 saturated heterocycles. The fourth-order valence-corrected chi connectivity index (χ4v) is 2.22. The molecule has 1 aromatic heterocycles. The van der Waals surface area contributed by atoms with E-state index in [-0.39, 0.29) is 5.60 Å². The number of aromatic nitrogens is 3. The summed E-state index contributed by atoms with van der Waals surface area (Å²) in [6, 6.07) is 0.400. The van der Waals surface area contributed by atoms with Crippen molar-refractivity contribution in [1.82, 2.24) is 15.0 Å². The summed E-state index contributed by atoms with van der Waals surface area (Å²) in [6.45, 7) is 11.0. The van der Waals surface area contributed by atoms with Crippen LogP contribution < -0.4 is 15.0 Å². The van der Waals surface area contributed by atoms with Crippen LogP contribution in [0.4, 0.5) is 11.9 Å². The second-order valence-electron chi connectivity index (χ2n) is 6.43. The third kappa shape index (κ3) is 5.02. The molecule has 1 aliphatic heterocycles. The Bertz CT molecular complexity index is 452. The maximum Gasteiger partial charge on any atom is 0.323 e. The van der Waals surface area contributed by atoms with E-state index in [1.54, 1.807) is 0 Å². The Labute approximate surface area is 127 Å². The summed E-state index contributed by atoms with van der Waals surface area (Å²) in [5.74, 6) is 1.33. The molecule has 0 saturated carbocycles. The highest BCUT2D eigenvalue weighted by Crippen LogP contribution is 2.21. The Morgan fingerprint density at radius 3 is 2.43 bits per heavy atom. The van der Waals surface area contributed by atoms with Gasteiger partial charge in [-0.3, -0.25) is 0 Å². The minimum atomic E-state index is -0.317. The van der Waals surface area contributed by atoms with Gasteiger partial charge in [-0.2, -0.15) is 15.0 Å². The Morgan fingerprint density at radius 2 is 1.81 bits per heavy atom. The first-order valence-corrected chi connectivity index (χ1v) is 7.92. The van der Waals surface area contributed by atoms with Crippen LogP contribution in [0.25, 0.3) is 0 Å². The van der Waals surface area contributed by atoms with Crippen LogP contribution in [0.15, 0.2) is 0 Å². The third-order valence-electron chi connectivity index (χ3n) is 3.17. The molecular formula is C15H27N5O. The zero-order valence-corrected chi connectivity index (χ0v) is 13.6. The maximum absolute atomic E-state index is 5.82. The Morgan fingerprint density at radius 1 is 1.10 bits per heavy atom. The molecule has 6 nitrogen and oxygen atoms in total. The molecule has 2 heterocycles. The largest absolute Gasteiger partial charge is 0.458 e. The number of rotatable bonds is 5. The number of anilines is 2. The SMILES string of the molecule is CCCNc1nc(OC(C)(C)C)nc(N2CCCCC2)n1. The van der Waals surface area contributed by atoms with Crippen molar-refractivity contribution in [2.75, 3.05) is 29.9 Å². The van der Waals surface area contributed by atoms with Gasteiger partial charge in [0, 0.05) is 19.6 Å². The van der Waals surface area contributed by atoms with E-state index in [4.69, 9.17) is 4.74 Å². The molecular weight excluding hydrogens is 266 g/mol. The summed E-state index contributed by atoms with van der Waals surface area (Å²) in [5.41, 5.74) is -0.317. The zero-order chi connectivity index (χ0) is 15.3. The number of nitrogens with one attached hydrogen (secondary N) is 1. The van der Waals surface area contributed by atoms with Gasteiger partial charge in [0.2, 0.25) is 11.9 Å². The third-order valence-corrected chi connectivity index (χ3v) is 3.17. The van der Waals surface area contributed by atoms with Crippen molar-refractivity contribution in [2.24, 2.45) is 0 Å². The van der Waals surface area contributed by atoms with Crippen LogP contribution in [0.2, 0.25) is 0 Å². The molecule has 1 aliphatic rings. The highest BCUT2D eigenvalue weighted by Gasteiger charge is 2.19. The van der Waals surface area contributed by atoms with E-state index in [0.717, 1.165) is 32.0 Å². The molecule has 2 rings (SSSR count). The summed E-state index contributed by atoms with van der Waals surface area (Å²) < 4.78 is 5.82. The van der Waals surface area contributed by atoms with Crippen molar-refractivity contribution >= 4 is 11.9 Å². The summed E-state index contributed by atoms with van der Waals surface area (Å²) in [4.78, 5) is 15.6. The predicted molar refractivity (Wildman–Crippen MR) is 85.1 cm³/mol. The molecule has 0 unspecified atom stereocenters. The topological polar surface area (TPSA) is 63.2 Å². The average molecular weight is 293 g/mol. The van der Waals surface area contributed by atoms with Gasteiger partial charge in [-0.15, -0.1) is 0 Å². The van der Waals surface area contributed by atoms with E-state index in [1.807, 2.05) is 20.8 Å². The predicted octanol–water partition coefficient (Wildman–Crippen LogP) is 2.86. The van der Waals surface area contributed by atoms with E-state index in [9.17, 15) is 0 Å². The first-order valence-electron chi connectivity index (χ1n) is 7.92. The van der Waals surface area contributed by atoms with Crippen LogP contribution in [0.1, 0.15) is 53.4 Å². The lowest BCUT2D eigenvalue weighted by atomic mass is 10.1. The molecule has 0 spiro atoms. The Hall–Kier alpha value is -1.59. The van der Waals surface area contributed by atoms with Crippen LogP contribution in [0.3, 0.4) is 0 Å². The molecule has 1 N–H and O–H groups in total. The van der Waals surface area contributed by atoms with Gasteiger partial charge in [0.05, 0.1) is 0 Å². The van der Waals surface area contributed by atoms with Crippen LogP contribution in [-0.4, -0.2) is 40.2 Å². The van der Waals surface area contributed by atoms with Gasteiger partial charge in [-0.25, -0.2) is 0 Å². The van der Waals surface area contributed by atoms with Crippen molar-refractivity contribution in [1.29, 1.82) is 0 Å². The standard InChI is InChI=1S/C15H27N5O/c1-5-9-16-12-17-13(20-10-7-6-8-11-20)19-14(18-12)21-15(2,3)4/h5-11H2,1-4H3,(H,16,17,18,19). The molecule has 0 bridgehead atoms. The van der Waals surface area contributed by atoms with E-state index in [1.165, 1.54) is 19.3 Å². The van der Waals surface area contributed by atoms with Crippen LogP contribution in [0, 0.1) is 0 Å². The molecule has 6 heteroatoms. The molecule has 0 amide bonds. The number of ether oxygens (including phenoxy) is 1. The lowest BCUT2D eigenvalue weighted by molar-refractivity contribution is 0.117. The summed E-state index contributed by atoms with van der Waals surface area (Å²) in [6.07, 6.45) is 4.70. The minimum absolute atomic E-state index is 0.317. The number of hydrogen-bond donors (Lipinski definition) is 1. The highest BCUT2D eigenvalue weighted by molar-refractivity contribution is 5.38. The van der Waals surface area contributed by atoms with E-state index < -0.39 is 0 Å². The Balaban J connectivity index is 2.22. The average Bonchev–Trinajstić information content (AvgIpc) is 2.44. The van der Waals surface area contributed by atoms with E-state index in [2.05, 4.69) is 32.1 Å². The summed E-state index contributed by atoms with van der Waals surface area (Å²) in [7, 11) is 0. The smallest absolute Gasteiger partial charge is 0.323 e. The highest BCUT2D eigenvalue weighted by atomic mass is 16.5. The zero-order valence-electron chi connectivity index (χ0n) is 13.6. The normalized spacial score (nSPS) is 15.9. The van der Waals surface area contributed by atoms with Gasteiger partial charge < -0.3 is 15.0 Å². The first-order chi connectivity index (χ1) is 9.98. The van der Waals surface area contributed by atoms with Crippen molar-refractivity contribution in [2.45, 2.75) is 59.0 Å². The van der Waals surface area contributed by atoms with Crippen LogP contribution in [0.5, 0.6) is 6.01 Å². The van der Waals surface area contributed by atoms with Gasteiger partial charge in [0.25, 0.3) is 0 Å². The number of hydrogen-bond acceptors (Lipinski definition) is 6. The minimum Gasteiger partial charge on any atom is -0.458 e. The quantitative estimate of drug-likeness (QED) is 0.900. The number of nitrogens with zero attached hydrogens (tertiary/aromatic N) is 4. The van der Waals surface area contributed by atoms with Gasteiger partial charge in [-0.05, 0) is 46.5 Å². The van der Waals surface area contributed by atoms with Crippen molar-refractivity contribution in [3.8, 4) is 6.01 Å². The second-order valence-corrected chi connectivity index (χ2v) is 6.43. The fourth-order valence-electron chi connectivity index (χ4n) is 2.22. The van der Waals surface area contributed by atoms with E-state index >= 15 is 0 Å². The van der Waals surface area contributed by atoms with Crippen LogP contribution in [-0.2, 0) is 0 Å². The van der Waals surface area contributed by atoms with Gasteiger partial charge in [0.15, 0.2) is 0 Å². The lowest BCUT2D eigenvalue weighted by Gasteiger charge is -2.27. The van der Waals surface area contributed by atoms with Crippen molar-refractivity contribution in [3.63, 3.8) is 0 Å². The van der Waals surface area contributed by atoms with Crippen molar-refractivity contribution < 1.29 is 4.74 Å². The second kappa shape index (κ2) is 6.91. The van der Waals surface area contributed by atoms with Crippen LogP contribution >= 0.6 is 0 Å². The number of piperidine rings is 1. The first kappa shape index (κ1) is 15.8. The molecule has 0 aromatic carbocycles. The van der Waals surface area contributed by atoms with Gasteiger partial charge in [-0.1, -0.05) is 6.92 Å². The molecule has 0 aliphatic carbocycles. The molecule has 21 heavy (non-hydrogen) atoms. The van der Waals surface area contributed by atoms with Gasteiger partial charge >= 0.3 is 6.01 Å². The summed E-state index contributed by atoms with van der Waals surface area (Å²) in [5, 5.41) is 3.23. The molecule has 0 radical (unpaired) electrons. The van der Waals surface area contributed by atoms with Gasteiger partial charge in [0.1, 0.15) is 5.60 Å². The molecule has 1 fully saturated rings. The molecule has 118 valence electrons. The monoisotopic (exact) mass is 293 g/mol. The molecule has 0 atom stereocenters. The summed E-state index contributed by atoms with van der Waals surface area (Å²) >= 11 is 0. The maximum atomic E-state index is 5.82. The lowest BCUT2D eigenvalue weighted by Crippen LogP contribution is -2.32. The fraction of sp³-hybridized carbons (Fsp3) is 0.800. The molecule has 1 aromatic rings.